The number of carbonyl (C=O) groups excluding carboxylic acids is 1. The zero-order valence-corrected chi connectivity index (χ0v) is 15.3. The summed E-state index contributed by atoms with van der Waals surface area (Å²) in [5.74, 6) is 1.65. The fraction of sp³-hybridized carbons (Fsp3) is 0.529. The second-order valence-electron chi connectivity index (χ2n) is 6.38. The van der Waals surface area contributed by atoms with Crippen LogP contribution in [0.4, 0.5) is 11.8 Å². The molecule has 1 fully saturated rings. The first-order chi connectivity index (χ1) is 12.0. The quantitative estimate of drug-likeness (QED) is 0.826. The van der Waals surface area contributed by atoms with Crippen LogP contribution >= 0.6 is 0 Å². The smallest absolute Gasteiger partial charge is 0.272 e. The van der Waals surface area contributed by atoms with Gasteiger partial charge in [-0.15, -0.1) is 0 Å². The summed E-state index contributed by atoms with van der Waals surface area (Å²) in [4.78, 5) is 27.6. The Bertz CT molecular complexity index is 747. The summed E-state index contributed by atoms with van der Waals surface area (Å²) in [6.07, 6.45) is 1.78. The monoisotopic (exact) mass is 343 g/mol. The van der Waals surface area contributed by atoms with E-state index in [0.29, 0.717) is 31.3 Å². The zero-order valence-electron chi connectivity index (χ0n) is 15.3. The number of hydrogen-bond acceptors (Lipinski definition) is 6. The number of amides is 1. The molecule has 1 aliphatic rings. The predicted octanol–water partition coefficient (Wildman–Crippen LogP) is 1.03. The van der Waals surface area contributed by atoms with E-state index in [4.69, 9.17) is 0 Å². The minimum absolute atomic E-state index is 0.0544. The summed E-state index contributed by atoms with van der Waals surface area (Å²) in [6, 6.07) is 3.78. The van der Waals surface area contributed by atoms with E-state index < -0.39 is 0 Å². The van der Waals surface area contributed by atoms with Crippen LogP contribution < -0.4 is 9.80 Å². The molecule has 0 radical (unpaired) electrons. The Balaban J connectivity index is 1.67. The minimum atomic E-state index is 0.0544. The highest BCUT2D eigenvalue weighted by atomic mass is 16.2. The molecule has 0 spiro atoms. The van der Waals surface area contributed by atoms with Crippen molar-refractivity contribution in [3.63, 3.8) is 0 Å². The average molecular weight is 343 g/mol. The molecular weight excluding hydrogens is 318 g/mol. The van der Waals surface area contributed by atoms with Gasteiger partial charge in [-0.3, -0.25) is 9.48 Å². The molecule has 0 unspecified atom stereocenters. The van der Waals surface area contributed by atoms with Crippen LogP contribution in [-0.4, -0.2) is 70.8 Å². The van der Waals surface area contributed by atoms with E-state index >= 15 is 0 Å². The fourth-order valence-electron chi connectivity index (χ4n) is 2.99. The number of carbonyl (C=O) groups is 1. The molecule has 3 heterocycles. The van der Waals surface area contributed by atoms with Gasteiger partial charge in [0.2, 0.25) is 5.95 Å². The van der Waals surface area contributed by atoms with Crippen LogP contribution in [0.2, 0.25) is 0 Å². The first-order valence-electron chi connectivity index (χ1n) is 8.58. The van der Waals surface area contributed by atoms with Gasteiger partial charge in [0.1, 0.15) is 11.5 Å². The zero-order chi connectivity index (χ0) is 18.0. The van der Waals surface area contributed by atoms with Crippen molar-refractivity contribution in [3.8, 4) is 0 Å². The number of hydrogen-bond donors (Lipinski definition) is 0. The second kappa shape index (κ2) is 7.08. The van der Waals surface area contributed by atoms with Gasteiger partial charge in [0.25, 0.3) is 5.91 Å². The van der Waals surface area contributed by atoms with Gasteiger partial charge in [-0.05, 0) is 26.0 Å². The highest BCUT2D eigenvalue weighted by molar-refractivity contribution is 5.93. The molecule has 25 heavy (non-hydrogen) atoms. The molecule has 134 valence electrons. The summed E-state index contributed by atoms with van der Waals surface area (Å²) in [5.41, 5.74) is 1.55. The molecule has 2 aromatic rings. The Kier molecular flexibility index (Phi) is 4.87. The van der Waals surface area contributed by atoms with Crippen LogP contribution in [0.5, 0.6) is 0 Å². The van der Waals surface area contributed by atoms with E-state index in [9.17, 15) is 4.79 Å². The largest absolute Gasteiger partial charge is 0.353 e. The average Bonchev–Trinajstić information content (AvgIpc) is 3.02. The van der Waals surface area contributed by atoms with Crippen molar-refractivity contribution in [1.29, 1.82) is 0 Å². The molecule has 0 aromatic carbocycles. The van der Waals surface area contributed by atoms with Gasteiger partial charge < -0.3 is 14.7 Å². The lowest BCUT2D eigenvalue weighted by Crippen LogP contribution is -2.49. The Morgan fingerprint density at radius 2 is 1.96 bits per heavy atom. The standard InChI is InChI=1S/C17H25N7O/c1-5-24-14(12-13(2)20-24)16(25)23-10-8-22(9-11-23)15-6-7-18-17(19-15)21(3)4/h6-7,12H,5,8-11H2,1-4H3. The summed E-state index contributed by atoms with van der Waals surface area (Å²) in [7, 11) is 3.85. The highest BCUT2D eigenvalue weighted by Gasteiger charge is 2.25. The maximum Gasteiger partial charge on any atom is 0.272 e. The molecule has 8 heteroatoms. The summed E-state index contributed by atoms with van der Waals surface area (Å²) >= 11 is 0. The Labute approximate surface area is 148 Å². The topological polar surface area (TPSA) is 70.4 Å². The predicted molar refractivity (Wildman–Crippen MR) is 97.1 cm³/mol. The maximum atomic E-state index is 12.8. The summed E-state index contributed by atoms with van der Waals surface area (Å²) < 4.78 is 1.78. The Hall–Kier alpha value is -2.64. The van der Waals surface area contributed by atoms with E-state index in [1.807, 2.05) is 49.9 Å². The van der Waals surface area contributed by atoms with Gasteiger partial charge in [-0.2, -0.15) is 10.1 Å². The lowest BCUT2D eigenvalue weighted by atomic mass is 10.2. The first kappa shape index (κ1) is 17.2. The van der Waals surface area contributed by atoms with Gasteiger partial charge >= 0.3 is 0 Å². The van der Waals surface area contributed by atoms with E-state index in [0.717, 1.165) is 24.6 Å². The van der Waals surface area contributed by atoms with Crippen molar-refractivity contribution in [1.82, 2.24) is 24.6 Å². The van der Waals surface area contributed by atoms with E-state index in [2.05, 4.69) is 20.0 Å². The third-order valence-corrected chi connectivity index (χ3v) is 4.34. The van der Waals surface area contributed by atoms with Crippen LogP contribution in [0.1, 0.15) is 23.1 Å². The molecule has 1 saturated heterocycles. The minimum Gasteiger partial charge on any atom is -0.353 e. The van der Waals surface area contributed by atoms with Crippen LogP contribution in [0, 0.1) is 6.92 Å². The Morgan fingerprint density at radius 1 is 1.24 bits per heavy atom. The maximum absolute atomic E-state index is 12.8. The molecule has 0 bridgehead atoms. The lowest BCUT2D eigenvalue weighted by molar-refractivity contribution is 0.0734. The van der Waals surface area contributed by atoms with Gasteiger partial charge in [0, 0.05) is 53.0 Å². The van der Waals surface area contributed by atoms with Gasteiger partial charge in [0.05, 0.1) is 5.69 Å². The van der Waals surface area contributed by atoms with Gasteiger partial charge in [-0.25, -0.2) is 4.98 Å². The van der Waals surface area contributed by atoms with Crippen LogP contribution in [-0.2, 0) is 6.54 Å². The number of anilines is 2. The number of nitrogens with zero attached hydrogens (tertiary/aromatic N) is 7. The third-order valence-electron chi connectivity index (χ3n) is 4.34. The number of aromatic nitrogens is 4. The fourth-order valence-corrected chi connectivity index (χ4v) is 2.99. The van der Waals surface area contributed by atoms with E-state index in [1.54, 1.807) is 10.9 Å². The molecule has 2 aromatic heterocycles. The number of rotatable bonds is 4. The molecule has 1 aliphatic heterocycles. The number of aryl methyl sites for hydroxylation is 2. The van der Waals surface area contributed by atoms with Gasteiger partial charge in [0.15, 0.2) is 0 Å². The molecule has 3 rings (SSSR count). The van der Waals surface area contributed by atoms with Crippen LogP contribution in [0.25, 0.3) is 0 Å². The van der Waals surface area contributed by atoms with Crippen molar-refractivity contribution in [3.05, 3.63) is 29.7 Å². The third kappa shape index (κ3) is 3.57. The second-order valence-corrected chi connectivity index (χ2v) is 6.38. The van der Waals surface area contributed by atoms with Crippen LogP contribution in [0.15, 0.2) is 18.3 Å². The molecule has 8 nitrogen and oxygen atoms in total. The Morgan fingerprint density at radius 3 is 2.60 bits per heavy atom. The SMILES string of the molecule is CCn1nc(C)cc1C(=O)N1CCN(c2ccnc(N(C)C)n2)CC1. The lowest BCUT2D eigenvalue weighted by Gasteiger charge is -2.35. The number of piperazine rings is 1. The van der Waals surface area contributed by atoms with Gasteiger partial charge in [-0.1, -0.05) is 0 Å². The molecular formula is C17H25N7O. The van der Waals surface area contributed by atoms with Crippen molar-refractivity contribution in [2.75, 3.05) is 50.1 Å². The molecule has 1 amide bonds. The summed E-state index contributed by atoms with van der Waals surface area (Å²) in [6.45, 7) is 7.48. The van der Waals surface area contributed by atoms with E-state index in [1.165, 1.54) is 0 Å². The molecule has 0 N–H and O–H groups in total. The molecule has 0 aliphatic carbocycles. The molecule has 0 atom stereocenters. The highest BCUT2D eigenvalue weighted by Crippen LogP contribution is 2.17. The summed E-state index contributed by atoms with van der Waals surface area (Å²) in [5, 5.41) is 4.37. The molecule has 0 saturated carbocycles. The van der Waals surface area contributed by atoms with Crippen molar-refractivity contribution >= 4 is 17.7 Å². The van der Waals surface area contributed by atoms with Crippen molar-refractivity contribution in [2.45, 2.75) is 20.4 Å². The first-order valence-corrected chi connectivity index (χ1v) is 8.58. The normalized spacial score (nSPS) is 14.7. The van der Waals surface area contributed by atoms with Crippen molar-refractivity contribution in [2.24, 2.45) is 0 Å². The van der Waals surface area contributed by atoms with Crippen molar-refractivity contribution < 1.29 is 4.79 Å². The van der Waals surface area contributed by atoms with Crippen LogP contribution in [0.3, 0.4) is 0 Å². The van der Waals surface area contributed by atoms with E-state index in [-0.39, 0.29) is 5.91 Å².